The van der Waals surface area contributed by atoms with Crippen LogP contribution in [0.15, 0.2) is 29.6 Å². The second-order valence-corrected chi connectivity index (χ2v) is 6.25. The molecule has 0 aliphatic rings. The van der Waals surface area contributed by atoms with Crippen molar-refractivity contribution >= 4 is 17.3 Å². The first-order valence-electron chi connectivity index (χ1n) is 7.15. The molecule has 0 radical (unpaired) electrons. The van der Waals surface area contributed by atoms with Crippen molar-refractivity contribution in [3.05, 3.63) is 45.9 Å². The standard InChI is InChI=1S/C15H18N6S/c1-10-4-6-13(7-5-10)21-15(18-19-20-21)16-8-11(2)14-17-12(3)9-22-14/h4-7,9,11H,8H2,1-3H3,(H,16,18,20). The van der Waals surface area contributed by atoms with E-state index in [0.717, 1.165) is 22.9 Å². The molecule has 3 rings (SSSR count). The van der Waals surface area contributed by atoms with Crippen LogP contribution < -0.4 is 5.32 Å². The van der Waals surface area contributed by atoms with E-state index in [-0.39, 0.29) is 0 Å². The first-order chi connectivity index (χ1) is 10.6. The molecule has 114 valence electrons. The summed E-state index contributed by atoms with van der Waals surface area (Å²) in [5.74, 6) is 0.950. The zero-order valence-corrected chi connectivity index (χ0v) is 13.6. The van der Waals surface area contributed by atoms with Crippen molar-refractivity contribution in [1.82, 2.24) is 25.2 Å². The first-order valence-corrected chi connectivity index (χ1v) is 8.03. The Bertz CT molecular complexity index is 745. The molecule has 1 aromatic carbocycles. The molecule has 1 atom stereocenters. The number of anilines is 1. The second kappa shape index (κ2) is 6.23. The molecule has 6 nitrogen and oxygen atoms in total. The number of benzene rings is 1. The van der Waals surface area contributed by atoms with Crippen LogP contribution in [-0.4, -0.2) is 31.7 Å². The van der Waals surface area contributed by atoms with E-state index in [9.17, 15) is 0 Å². The molecule has 0 saturated heterocycles. The Balaban J connectivity index is 1.71. The van der Waals surface area contributed by atoms with Gasteiger partial charge in [0.1, 0.15) is 0 Å². The van der Waals surface area contributed by atoms with Crippen LogP contribution in [0.2, 0.25) is 0 Å². The third kappa shape index (κ3) is 3.14. The highest BCUT2D eigenvalue weighted by Gasteiger charge is 2.12. The van der Waals surface area contributed by atoms with Crippen LogP contribution in [0.5, 0.6) is 0 Å². The van der Waals surface area contributed by atoms with Crippen molar-refractivity contribution in [2.24, 2.45) is 0 Å². The number of nitrogens with zero attached hydrogens (tertiary/aromatic N) is 5. The van der Waals surface area contributed by atoms with E-state index >= 15 is 0 Å². The minimum atomic E-state index is 0.307. The first kappa shape index (κ1) is 14.6. The molecule has 0 aliphatic carbocycles. The molecular weight excluding hydrogens is 296 g/mol. The quantitative estimate of drug-likeness (QED) is 0.784. The van der Waals surface area contributed by atoms with Gasteiger partial charge in [-0.15, -0.1) is 11.3 Å². The predicted molar refractivity (Wildman–Crippen MR) is 87.6 cm³/mol. The Hall–Kier alpha value is -2.28. The van der Waals surface area contributed by atoms with Crippen LogP contribution in [0.25, 0.3) is 5.69 Å². The lowest BCUT2D eigenvalue weighted by atomic mass is 10.2. The van der Waals surface area contributed by atoms with Crippen LogP contribution in [0.3, 0.4) is 0 Å². The summed E-state index contributed by atoms with van der Waals surface area (Å²) in [6.07, 6.45) is 0. The van der Waals surface area contributed by atoms with E-state index in [2.05, 4.69) is 45.1 Å². The van der Waals surface area contributed by atoms with Gasteiger partial charge in [-0.1, -0.05) is 29.7 Å². The maximum Gasteiger partial charge on any atom is 0.247 e. The lowest BCUT2D eigenvalue weighted by molar-refractivity contribution is 0.766. The number of rotatable bonds is 5. The summed E-state index contributed by atoms with van der Waals surface area (Å²) in [5, 5.41) is 18.4. The van der Waals surface area contributed by atoms with Gasteiger partial charge in [-0.3, -0.25) is 0 Å². The molecule has 1 unspecified atom stereocenters. The predicted octanol–water partition coefficient (Wildman–Crippen LogP) is 2.95. The number of hydrogen-bond donors (Lipinski definition) is 1. The number of thiazole rings is 1. The lowest BCUT2D eigenvalue weighted by Gasteiger charge is -2.11. The molecule has 1 N–H and O–H groups in total. The summed E-state index contributed by atoms with van der Waals surface area (Å²) >= 11 is 1.69. The molecule has 0 fully saturated rings. The zero-order chi connectivity index (χ0) is 15.5. The third-order valence-electron chi connectivity index (χ3n) is 3.37. The Labute approximate surface area is 133 Å². The van der Waals surface area contributed by atoms with Crippen LogP contribution in [-0.2, 0) is 0 Å². The van der Waals surface area contributed by atoms with Gasteiger partial charge in [-0.2, -0.15) is 4.68 Å². The summed E-state index contributed by atoms with van der Waals surface area (Å²) in [7, 11) is 0. The highest BCUT2D eigenvalue weighted by molar-refractivity contribution is 7.09. The maximum absolute atomic E-state index is 4.52. The van der Waals surface area contributed by atoms with Crippen LogP contribution >= 0.6 is 11.3 Å². The van der Waals surface area contributed by atoms with Crippen molar-refractivity contribution in [2.45, 2.75) is 26.7 Å². The van der Waals surface area contributed by atoms with E-state index in [0.29, 0.717) is 11.9 Å². The van der Waals surface area contributed by atoms with Gasteiger partial charge in [0.2, 0.25) is 5.95 Å². The Kier molecular flexibility index (Phi) is 4.15. The topological polar surface area (TPSA) is 68.5 Å². The van der Waals surface area contributed by atoms with Gasteiger partial charge in [0.15, 0.2) is 0 Å². The molecule has 2 heterocycles. The Morgan fingerprint density at radius 1 is 1.23 bits per heavy atom. The summed E-state index contributed by atoms with van der Waals surface area (Å²) in [6, 6.07) is 8.10. The van der Waals surface area contributed by atoms with Gasteiger partial charge < -0.3 is 5.32 Å². The molecule has 0 amide bonds. The molecule has 0 bridgehead atoms. The summed E-state index contributed by atoms with van der Waals surface area (Å²) in [5.41, 5.74) is 3.21. The normalized spacial score (nSPS) is 12.3. The zero-order valence-electron chi connectivity index (χ0n) is 12.8. The van der Waals surface area contributed by atoms with Gasteiger partial charge in [-0.05, 0) is 36.4 Å². The fourth-order valence-corrected chi connectivity index (χ4v) is 2.94. The monoisotopic (exact) mass is 314 g/mol. The number of aromatic nitrogens is 5. The van der Waals surface area contributed by atoms with Gasteiger partial charge in [0.05, 0.1) is 10.7 Å². The minimum absolute atomic E-state index is 0.307. The molecule has 7 heteroatoms. The van der Waals surface area contributed by atoms with Crippen molar-refractivity contribution in [2.75, 3.05) is 11.9 Å². The van der Waals surface area contributed by atoms with Gasteiger partial charge in [0, 0.05) is 23.5 Å². The molecule has 0 spiro atoms. The van der Waals surface area contributed by atoms with Gasteiger partial charge >= 0.3 is 0 Å². The summed E-state index contributed by atoms with van der Waals surface area (Å²) in [6.45, 7) is 6.95. The SMILES string of the molecule is Cc1ccc(-n2nnnc2NCC(C)c2nc(C)cs2)cc1. The van der Waals surface area contributed by atoms with Crippen molar-refractivity contribution in [3.63, 3.8) is 0 Å². The number of nitrogens with one attached hydrogen (secondary N) is 1. The average molecular weight is 314 g/mol. The van der Waals surface area contributed by atoms with E-state index in [4.69, 9.17) is 0 Å². The van der Waals surface area contributed by atoms with Crippen molar-refractivity contribution < 1.29 is 0 Å². The average Bonchev–Trinajstić information content (AvgIpc) is 3.14. The van der Waals surface area contributed by atoms with Gasteiger partial charge in [-0.25, -0.2) is 4.98 Å². The smallest absolute Gasteiger partial charge is 0.247 e. The molecule has 0 saturated carbocycles. The number of tetrazole rings is 1. The van der Waals surface area contributed by atoms with Crippen molar-refractivity contribution in [3.8, 4) is 5.69 Å². The molecule has 3 aromatic rings. The molecule has 0 aliphatic heterocycles. The highest BCUT2D eigenvalue weighted by Crippen LogP contribution is 2.20. The molecular formula is C15H18N6S. The summed E-state index contributed by atoms with van der Waals surface area (Å²) in [4.78, 5) is 4.52. The van der Waals surface area contributed by atoms with Crippen LogP contribution in [0, 0.1) is 13.8 Å². The fraction of sp³-hybridized carbons (Fsp3) is 0.333. The van der Waals surface area contributed by atoms with Crippen molar-refractivity contribution in [1.29, 1.82) is 0 Å². The molecule has 22 heavy (non-hydrogen) atoms. The van der Waals surface area contributed by atoms with E-state index in [1.807, 2.05) is 31.2 Å². The number of aryl methyl sites for hydroxylation is 2. The lowest BCUT2D eigenvalue weighted by Crippen LogP contribution is -2.13. The van der Waals surface area contributed by atoms with E-state index in [1.165, 1.54) is 5.56 Å². The third-order valence-corrected chi connectivity index (χ3v) is 4.57. The largest absolute Gasteiger partial charge is 0.352 e. The summed E-state index contributed by atoms with van der Waals surface area (Å²) < 4.78 is 1.71. The van der Waals surface area contributed by atoms with Gasteiger partial charge in [0.25, 0.3) is 0 Å². The van der Waals surface area contributed by atoms with Crippen LogP contribution in [0.1, 0.15) is 29.1 Å². The fourth-order valence-electron chi connectivity index (χ4n) is 2.09. The molecule has 2 aromatic heterocycles. The second-order valence-electron chi connectivity index (χ2n) is 5.36. The van der Waals surface area contributed by atoms with E-state index < -0.39 is 0 Å². The maximum atomic E-state index is 4.52. The Morgan fingerprint density at radius 3 is 2.68 bits per heavy atom. The van der Waals surface area contributed by atoms with Crippen LogP contribution in [0.4, 0.5) is 5.95 Å². The number of hydrogen-bond acceptors (Lipinski definition) is 6. The van der Waals surface area contributed by atoms with E-state index in [1.54, 1.807) is 16.0 Å². The highest BCUT2D eigenvalue weighted by atomic mass is 32.1. The minimum Gasteiger partial charge on any atom is -0.352 e. The Morgan fingerprint density at radius 2 is 2.00 bits per heavy atom.